The van der Waals surface area contributed by atoms with Crippen molar-refractivity contribution in [1.29, 1.82) is 0 Å². The van der Waals surface area contributed by atoms with Gasteiger partial charge in [-0.2, -0.15) is 0 Å². The Balaban J connectivity index is 3.90. The van der Waals surface area contributed by atoms with Crippen molar-refractivity contribution in [1.82, 2.24) is 0 Å². The summed E-state index contributed by atoms with van der Waals surface area (Å²) in [5, 5.41) is 0. The molecule has 0 spiro atoms. The molecule has 0 nitrogen and oxygen atoms in total. The van der Waals surface area contributed by atoms with Crippen LogP contribution < -0.4 is 0 Å². The zero-order valence-corrected chi connectivity index (χ0v) is 11.7. The first-order valence-electron chi connectivity index (χ1n) is 6.86. The van der Waals surface area contributed by atoms with Gasteiger partial charge in [0.05, 0.1) is 0 Å². The van der Waals surface area contributed by atoms with Gasteiger partial charge < -0.3 is 0 Å². The molecule has 1 heteroatoms. The molecule has 0 amide bonds. The summed E-state index contributed by atoms with van der Waals surface area (Å²) in [7, 11) is 2.41. The van der Waals surface area contributed by atoms with E-state index < -0.39 is 0 Å². The topological polar surface area (TPSA) is 0 Å². The highest BCUT2D eigenvalue weighted by atomic mass is 14.3. The molecule has 1 radical (unpaired) electrons. The molecule has 4 unspecified atom stereocenters. The highest BCUT2D eigenvalue weighted by Crippen LogP contribution is 2.30. The second-order valence-electron chi connectivity index (χ2n) is 5.36. The van der Waals surface area contributed by atoms with Crippen molar-refractivity contribution in [3.8, 4) is 0 Å². The Kier molecular flexibility index (Phi) is 8.28. The first kappa shape index (κ1) is 15.1. The highest BCUT2D eigenvalue weighted by molar-refractivity contribution is 6.35. The molecule has 0 heterocycles. The van der Waals surface area contributed by atoms with Crippen molar-refractivity contribution in [2.45, 2.75) is 67.0 Å². The third kappa shape index (κ3) is 5.63. The van der Waals surface area contributed by atoms with Crippen LogP contribution in [0, 0.1) is 23.7 Å². The second kappa shape index (κ2) is 8.24. The van der Waals surface area contributed by atoms with Gasteiger partial charge in [-0.15, -0.1) is 0 Å². The predicted octanol–water partition coefficient (Wildman–Crippen LogP) is 4.89. The zero-order chi connectivity index (χ0) is 11.8. The van der Waals surface area contributed by atoms with Gasteiger partial charge >= 0.3 is 0 Å². The van der Waals surface area contributed by atoms with E-state index in [4.69, 9.17) is 0 Å². The van der Waals surface area contributed by atoms with Crippen LogP contribution in [0.3, 0.4) is 0 Å². The lowest BCUT2D eigenvalue weighted by atomic mass is 9.67. The van der Waals surface area contributed by atoms with E-state index >= 15 is 0 Å². The molecule has 15 heavy (non-hydrogen) atoms. The van der Waals surface area contributed by atoms with Crippen molar-refractivity contribution >= 4 is 7.28 Å². The summed E-state index contributed by atoms with van der Waals surface area (Å²) >= 11 is 0. The molecule has 0 aliphatic rings. The van der Waals surface area contributed by atoms with Gasteiger partial charge in [0.1, 0.15) is 7.28 Å². The summed E-state index contributed by atoms with van der Waals surface area (Å²) in [5.41, 5.74) is 0. The van der Waals surface area contributed by atoms with E-state index in [1.807, 2.05) is 0 Å². The molecule has 0 saturated heterocycles. The van der Waals surface area contributed by atoms with E-state index in [1.54, 1.807) is 0 Å². The fourth-order valence-electron chi connectivity index (χ4n) is 2.26. The van der Waals surface area contributed by atoms with Crippen LogP contribution in [0.1, 0.15) is 54.4 Å². The minimum Gasteiger partial charge on any atom is -0.0831 e. The van der Waals surface area contributed by atoms with Crippen LogP contribution in [0.25, 0.3) is 0 Å². The van der Waals surface area contributed by atoms with E-state index in [0.29, 0.717) is 0 Å². The summed E-state index contributed by atoms with van der Waals surface area (Å²) in [6, 6.07) is 0. The summed E-state index contributed by atoms with van der Waals surface area (Å²) in [5.74, 6) is 3.48. The Bertz CT molecular complexity index is 144. The molecule has 0 rings (SSSR count). The molecule has 0 saturated carbocycles. The van der Waals surface area contributed by atoms with E-state index in [0.717, 1.165) is 23.7 Å². The van der Waals surface area contributed by atoms with Crippen molar-refractivity contribution in [3.63, 3.8) is 0 Å². The first-order chi connectivity index (χ1) is 7.04. The maximum atomic E-state index is 2.44. The van der Waals surface area contributed by atoms with Crippen molar-refractivity contribution in [2.24, 2.45) is 23.7 Å². The van der Waals surface area contributed by atoms with Gasteiger partial charge in [0, 0.05) is 0 Å². The Hall–Kier alpha value is 0.0649. The second-order valence-corrected chi connectivity index (χ2v) is 5.36. The lowest BCUT2D eigenvalue weighted by Crippen LogP contribution is -2.22. The quantitative estimate of drug-likeness (QED) is 0.394. The Labute approximate surface area is 98.5 Å². The van der Waals surface area contributed by atoms with Crippen LogP contribution >= 0.6 is 0 Å². The molecule has 0 aliphatic carbocycles. The first-order valence-corrected chi connectivity index (χ1v) is 6.86. The average Bonchev–Trinajstić information content (AvgIpc) is 2.26. The monoisotopic (exact) mass is 209 g/mol. The van der Waals surface area contributed by atoms with Gasteiger partial charge in [0.2, 0.25) is 0 Å². The van der Waals surface area contributed by atoms with Crippen LogP contribution in [0.5, 0.6) is 0 Å². The summed E-state index contributed by atoms with van der Waals surface area (Å²) in [6.45, 7) is 14.2. The lowest BCUT2D eigenvalue weighted by molar-refractivity contribution is 0.205. The molecule has 89 valence electrons. The van der Waals surface area contributed by atoms with Gasteiger partial charge in [-0.3, -0.25) is 0 Å². The van der Waals surface area contributed by atoms with Crippen LogP contribution in [0.4, 0.5) is 0 Å². The van der Waals surface area contributed by atoms with Crippen LogP contribution in [0.2, 0.25) is 12.6 Å². The molecular weight excluding hydrogens is 179 g/mol. The SMILES string of the molecule is CC[B]CCC(C)C(C)C(C)C(C)CC. The Morgan fingerprint density at radius 2 is 1.40 bits per heavy atom. The maximum absolute atomic E-state index is 2.44. The zero-order valence-electron chi connectivity index (χ0n) is 11.7. The smallest absolute Gasteiger partial charge is 0.0831 e. The molecule has 0 aromatic rings. The lowest BCUT2D eigenvalue weighted by Gasteiger charge is -2.30. The third-order valence-electron chi connectivity index (χ3n) is 4.38. The Morgan fingerprint density at radius 1 is 0.867 bits per heavy atom. The van der Waals surface area contributed by atoms with Crippen LogP contribution in [-0.2, 0) is 0 Å². The van der Waals surface area contributed by atoms with Crippen LogP contribution in [0.15, 0.2) is 0 Å². The van der Waals surface area contributed by atoms with E-state index in [-0.39, 0.29) is 0 Å². The maximum Gasteiger partial charge on any atom is 0.109 e. The van der Waals surface area contributed by atoms with Crippen molar-refractivity contribution in [2.75, 3.05) is 0 Å². The minimum absolute atomic E-state index is 0.866. The molecule has 0 bridgehead atoms. The fraction of sp³-hybridized carbons (Fsp3) is 1.00. The number of hydrogen-bond acceptors (Lipinski definition) is 0. The number of rotatable bonds is 8. The fourth-order valence-corrected chi connectivity index (χ4v) is 2.26. The highest BCUT2D eigenvalue weighted by Gasteiger charge is 2.22. The summed E-state index contributed by atoms with van der Waals surface area (Å²) in [4.78, 5) is 0. The van der Waals surface area contributed by atoms with E-state index in [1.165, 1.54) is 25.5 Å². The molecule has 0 N–H and O–H groups in total. The average molecular weight is 209 g/mol. The predicted molar refractivity (Wildman–Crippen MR) is 72.6 cm³/mol. The molecule has 4 atom stereocenters. The molecule has 0 fully saturated rings. The molecular formula is C14H30B. The van der Waals surface area contributed by atoms with Crippen molar-refractivity contribution in [3.05, 3.63) is 0 Å². The van der Waals surface area contributed by atoms with Gasteiger partial charge in [-0.25, -0.2) is 0 Å². The third-order valence-corrected chi connectivity index (χ3v) is 4.38. The van der Waals surface area contributed by atoms with Gasteiger partial charge in [-0.1, -0.05) is 67.0 Å². The van der Waals surface area contributed by atoms with Gasteiger partial charge in [0.25, 0.3) is 0 Å². The molecule has 0 aliphatic heterocycles. The van der Waals surface area contributed by atoms with E-state index in [2.05, 4.69) is 48.8 Å². The normalized spacial score (nSPS) is 19.3. The summed E-state index contributed by atoms with van der Waals surface area (Å²) in [6.07, 6.45) is 5.21. The Morgan fingerprint density at radius 3 is 1.87 bits per heavy atom. The van der Waals surface area contributed by atoms with Crippen LogP contribution in [-0.4, -0.2) is 7.28 Å². The van der Waals surface area contributed by atoms with Crippen molar-refractivity contribution < 1.29 is 0 Å². The molecule has 0 aromatic heterocycles. The number of hydrogen-bond donors (Lipinski definition) is 0. The van der Waals surface area contributed by atoms with Gasteiger partial charge in [-0.05, 0) is 23.7 Å². The standard InChI is InChI=1S/C14H30B/c1-7-11(3)13(5)14(6)12(4)9-10-15-8-2/h11-14H,7-10H2,1-6H3. The van der Waals surface area contributed by atoms with Gasteiger partial charge in [0.15, 0.2) is 0 Å². The van der Waals surface area contributed by atoms with E-state index in [9.17, 15) is 0 Å². The largest absolute Gasteiger partial charge is 0.109 e. The minimum atomic E-state index is 0.866. The summed E-state index contributed by atoms with van der Waals surface area (Å²) < 4.78 is 0. The molecule has 0 aromatic carbocycles.